The van der Waals surface area contributed by atoms with Crippen LogP contribution < -0.4 is 10.6 Å². The number of hydrogen-bond acceptors (Lipinski definition) is 5. The molecule has 1 fully saturated rings. The molecule has 2 unspecified atom stereocenters. The van der Waals surface area contributed by atoms with Gasteiger partial charge in [-0.3, -0.25) is 10.1 Å². The summed E-state index contributed by atoms with van der Waals surface area (Å²) in [5, 5.41) is 14.4. The Bertz CT molecular complexity index is 211. The number of nitrogens with one attached hydrogen (secondary N) is 2. The van der Waals surface area contributed by atoms with Crippen LogP contribution in [0.1, 0.15) is 0 Å². The Kier molecular flexibility index (Phi) is 3.02. The highest BCUT2D eigenvalue weighted by Crippen LogP contribution is 1.95. The maximum Gasteiger partial charge on any atom is 0.324 e. The second kappa shape index (κ2) is 4.04. The van der Waals surface area contributed by atoms with Crippen LogP contribution in [-0.4, -0.2) is 38.3 Å². The van der Waals surface area contributed by atoms with Crippen molar-refractivity contribution in [3.8, 4) is 6.07 Å². The van der Waals surface area contributed by atoms with Crippen LogP contribution in [0, 0.1) is 11.3 Å². The largest absolute Gasteiger partial charge is 0.468 e. The van der Waals surface area contributed by atoms with Crippen molar-refractivity contribution in [1.82, 2.24) is 10.6 Å². The Morgan fingerprint density at radius 2 is 2.42 bits per heavy atom. The molecule has 0 aromatic rings. The van der Waals surface area contributed by atoms with E-state index in [1.54, 1.807) is 0 Å². The van der Waals surface area contributed by atoms with E-state index < -0.39 is 6.04 Å². The average molecular weight is 169 g/mol. The van der Waals surface area contributed by atoms with Crippen molar-refractivity contribution in [3.05, 3.63) is 0 Å². The Morgan fingerprint density at radius 3 is 3.00 bits per heavy atom. The van der Waals surface area contributed by atoms with Crippen LogP contribution in [0.4, 0.5) is 0 Å². The predicted molar refractivity (Wildman–Crippen MR) is 41.2 cm³/mol. The molecular formula is C7H11N3O2. The summed E-state index contributed by atoms with van der Waals surface area (Å²) in [5.41, 5.74) is 0. The van der Waals surface area contributed by atoms with E-state index in [0.29, 0.717) is 13.1 Å². The topological polar surface area (TPSA) is 74.1 Å². The van der Waals surface area contributed by atoms with Crippen LogP contribution in [0.15, 0.2) is 0 Å². The second-order valence-corrected chi connectivity index (χ2v) is 2.58. The highest BCUT2D eigenvalue weighted by atomic mass is 16.5. The molecule has 66 valence electrons. The van der Waals surface area contributed by atoms with Crippen LogP contribution >= 0.6 is 0 Å². The van der Waals surface area contributed by atoms with E-state index in [0.717, 1.165) is 0 Å². The van der Waals surface area contributed by atoms with Gasteiger partial charge in [0.05, 0.1) is 13.2 Å². The minimum Gasteiger partial charge on any atom is -0.468 e. The fourth-order valence-corrected chi connectivity index (χ4v) is 1.11. The predicted octanol–water partition coefficient (Wildman–Crippen LogP) is -1.39. The van der Waals surface area contributed by atoms with Crippen molar-refractivity contribution >= 4 is 5.97 Å². The van der Waals surface area contributed by atoms with E-state index in [4.69, 9.17) is 5.26 Å². The number of nitriles is 1. The highest BCUT2D eigenvalue weighted by Gasteiger charge is 2.26. The van der Waals surface area contributed by atoms with E-state index in [9.17, 15) is 4.79 Å². The molecule has 0 aromatic heterocycles. The third-order valence-corrected chi connectivity index (χ3v) is 1.74. The van der Waals surface area contributed by atoms with Crippen LogP contribution in [0.2, 0.25) is 0 Å². The third-order valence-electron chi connectivity index (χ3n) is 1.74. The van der Waals surface area contributed by atoms with E-state index in [1.165, 1.54) is 7.11 Å². The first-order valence-electron chi connectivity index (χ1n) is 3.72. The van der Waals surface area contributed by atoms with E-state index in [2.05, 4.69) is 15.4 Å². The van der Waals surface area contributed by atoms with Gasteiger partial charge in [0, 0.05) is 13.1 Å². The number of carbonyl (C=O) groups is 1. The summed E-state index contributed by atoms with van der Waals surface area (Å²) in [4.78, 5) is 11.0. The number of nitrogens with zero attached hydrogens (tertiary/aromatic N) is 1. The molecular weight excluding hydrogens is 158 g/mol. The summed E-state index contributed by atoms with van der Waals surface area (Å²) in [6.07, 6.45) is 0. The number of methoxy groups -OCH3 is 1. The number of hydrogen-bond donors (Lipinski definition) is 2. The maximum atomic E-state index is 11.0. The van der Waals surface area contributed by atoms with Gasteiger partial charge in [-0.1, -0.05) is 0 Å². The summed E-state index contributed by atoms with van der Waals surface area (Å²) < 4.78 is 4.53. The van der Waals surface area contributed by atoms with Gasteiger partial charge in [-0.2, -0.15) is 5.26 Å². The summed E-state index contributed by atoms with van der Waals surface area (Å²) >= 11 is 0. The first-order valence-corrected chi connectivity index (χ1v) is 3.72. The zero-order valence-corrected chi connectivity index (χ0v) is 6.83. The van der Waals surface area contributed by atoms with Crippen LogP contribution in [0.3, 0.4) is 0 Å². The van der Waals surface area contributed by atoms with Crippen LogP contribution in [-0.2, 0) is 9.53 Å². The van der Waals surface area contributed by atoms with Crippen LogP contribution in [0.5, 0.6) is 0 Å². The maximum absolute atomic E-state index is 11.0. The molecule has 5 nitrogen and oxygen atoms in total. The van der Waals surface area contributed by atoms with Gasteiger partial charge < -0.3 is 10.1 Å². The number of esters is 1. The van der Waals surface area contributed by atoms with Gasteiger partial charge in [0.15, 0.2) is 0 Å². The lowest BCUT2D eigenvalue weighted by Crippen LogP contribution is -2.57. The zero-order valence-electron chi connectivity index (χ0n) is 6.83. The van der Waals surface area contributed by atoms with Gasteiger partial charge in [0.25, 0.3) is 0 Å². The number of rotatable bonds is 1. The van der Waals surface area contributed by atoms with E-state index in [1.807, 2.05) is 6.07 Å². The molecule has 0 aliphatic carbocycles. The monoisotopic (exact) mass is 169 g/mol. The fraction of sp³-hybridized carbons (Fsp3) is 0.714. The normalized spacial score (nSPS) is 29.0. The van der Waals surface area contributed by atoms with Gasteiger partial charge in [-0.05, 0) is 0 Å². The molecule has 2 atom stereocenters. The molecule has 1 aliphatic rings. The molecule has 1 aliphatic heterocycles. The van der Waals surface area contributed by atoms with E-state index in [-0.39, 0.29) is 12.0 Å². The summed E-state index contributed by atoms with van der Waals surface area (Å²) in [7, 11) is 1.33. The SMILES string of the molecule is COC(=O)C1CNCC(C#N)N1. The summed E-state index contributed by atoms with van der Waals surface area (Å²) in [6.45, 7) is 1.09. The Balaban J connectivity index is 2.47. The lowest BCUT2D eigenvalue weighted by Gasteiger charge is -2.25. The van der Waals surface area contributed by atoms with E-state index >= 15 is 0 Å². The summed E-state index contributed by atoms with van der Waals surface area (Å²) in [6, 6.07) is 1.33. The molecule has 0 amide bonds. The highest BCUT2D eigenvalue weighted by molar-refractivity contribution is 5.76. The molecule has 0 spiro atoms. The molecule has 0 aromatic carbocycles. The number of piperazine rings is 1. The number of ether oxygens (including phenoxy) is 1. The van der Waals surface area contributed by atoms with Gasteiger partial charge in [-0.15, -0.1) is 0 Å². The smallest absolute Gasteiger partial charge is 0.324 e. The molecule has 2 N–H and O–H groups in total. The summed E-state index contributed by atoms with van der Waals surface area (Å²) in [5.74, 6) is -0.331. The zero-order chi connectivity index (χ0) is 8.97. The average Bonchev–Trinajstić information content (AvgIpc) is 2.17. The standard InChI is InChI=1S/C7H11N3O2/c1-12-7(11)6-4-9-3-5(2-8)10-6/h5-6,9-10H,3-4H2,1H3. The van der Waals surface area contributed by atoms with Gasteiger partial charge >= 0.3 is 5.97 Å². The first-order chi connectivity index (χ1) is 5.77. The Hall–Kier alpha value is -1.12. The minimum absolute atomic E-state index is 0.303. The molecule has 0 bridgehead atoms. The minimum atomic E-state index is -0.395. The molecule has 1 heterocycles. The quantitative estimate of drug-likeness (QED) is 0.473. The van der Waals surface area contributed by atoms with Crippen molar-refractivity contribution in [2.24, 2.45) is 0 Å². The lowest BCUT2D eigenvalue weighted by atomic mass is 10.2. The Labute approximate surface area is 70.7 Å². The lowest BCUT2D eigenvalue weighted by molar-refractivity contribution is -0.143. The third kappa shape index (κ3) is 1.94. The van der Waals surface area contributed by atoms with Crippen molar-refractivity contribution in [2.75, 3.05) is 20.2 Å². The first kappa shape index (κ1) is 8.97. The van der Waals surface area contributed by atoms with Crippen LogP contribution in [0.25, 0.3) is 0 Å². The molecule has 1 rings (SSSR count). The molecule has 1 saturated heterocycles. The molecule has 0 saturated carbocycles. The van der Waals surface area contributed by atoms with Crippen molar-refractivity contribution < 1.29 is 9.53 Å². The van der Waals surface area contributed by atoms with Gasteiger partial charge in [-0.25, -0.2) is 0 Å². The van der Waals surface area contributed by atoms with Gasteiger partial charge in [0.2, 0.25) is 0 Å². The molecule has 0 radical (unpaired) electrons. The molecule has 12 heavy (non-hydrogen) atoms. The second-order valence-electron chi connectivity index (χ2n) is 2.58. The van der Waals surface area contributed by atoms with Crippen molar-refractivity contribution in [3.63, 3.8) is 0 Å². The Morgan fingerprint density at radius 1 is 1.67 bits per heavy atom. The van der Waals surface area contributed by atoms with Crippen molar-refractivity contribution in [1.29, 1.82) is 5.26 Å². The van der Waals surface area contributed by atoms with Crippen molar-refractivity contribution in [2.45, 2.75) is 12.1 Å². The number of carbonyl (C=O) groups excluding carboxylic acids is 1. The van der Waals surface area contributed by atoms with Gasteiger partial charge in [0.1, 0.15) is 12.1 Å². The molecule has 5 heteroatoms. The fourth-order valence-electron chi connectivity index (χ4n) is 1.11.